The molecule has 0 fully saturated rings. The number of nitrogens with zero attached hydrogens (tertiary/aromatic N) is 1. The minimum atomic E-state index is -4.47. The van der Waals surface area contributed by atoms with Crippen LogP contribution in [0, 0.1) is 0 Å². The van der Waals surface area contributed by atoms with Crippen LogP contribution < -0.4 is 0 Å². The Bertz CT molecular complexity index is 652. The fourth-order valence-corrected chi connectivity index (χ4v) is 3.74. The van der Waals surface area contributed by atoms with Gasteiger partial charge in [-0.15, -0.1) is 11.3 Å². The van der Waals surface area contributed by atoms with Crippen LogP contribution in [0.1, 0.15) is 40.3 Å². The Morgan fingerprint density at radius 3 is 2.67 bits per heavy atom. The molecule has 3 rings (SSSR count). The highest BCUT2D eigenvalue weighted by Gasteiger charge is 2.40. The van der Waals surface area contributed by atoms with Crippen LogP contribution in [-0.2, 0) is 18.2 Å². The van der Waals surface area contributed by atoms with E-state index in [-0.39, 0.29) is 4.88 Å². The average Bonchev–Trinajstić information content (AvgIpc) is 2.88. The van der Waals surface area contributed by atoms with Gasteiger partial charge in [0.1, 0.15) is 5.60 Å². The lowest BCUT2D eigenvalue weighted by molar-refractivity contribution is -0.137. The van der Waals surface area contributed by atoms with Gasteiger partial charge in [0, 0.05) is 6.20 Å². The number of aliphatic hydroxyl groups is 1. The van der Waals surface area contributed by atoms with E-state index in [9.17, 15) is 18.3 Å². The lowest BCUT2D eigenvalue weighted by Gasteiger charge is -2.27. The Kier molecular flexibility index (Phi) is 3.53. The zero-order valence-corrected chi connectivity index (χ0v) is 12.0. The smallest absolute Gasteiger partial charge is 0.379 e. The first-order chi connectivity index (χ1) is 9.91. The zero-order valence-electron chi connectivity index (χ0n) is 11.2. The molecule has 112 valence electrons. The summed E-state index contributed by atoms with van der Waals surface area (Å²) in [5, 5.41) is 10.1. The second kappa shape index (κ2) is 5.10. The van der Waals surface area contributed by atoms with Crippen LogP contribution in [0.2, 0.25) is 0 Å². The molecule has 0 spiro atoms. The number of aromatic nitrogens is 1. The summed E-state index contributed by atoms with van der Waals surface area (Å²) in [6.07, 6.45) is -0.360. The first kappa shape index (κ1) is 14.5. The van der Waals surface area contributed by atoms with Crippen molar-refractivity contribution in [3.05, 3.63) is 51.5 Å². The van der Waals surface area contributed by atoms with Crippen LogP contribution in [-0.4, -0.2) is 10.1 Å². The molecular weight excluding hydrogens is 299 g/mol. The standard InChI is InChI=1S/C15H14F3NOS/c16-15(17,18)13-19-9-12(21-13)14(20)8-4-3-6-10-5-1-2-7-11(10)14/h1-2,5,7,9,20H,3-4,6,8H2. The largest absolute Gasteiger partial charge is 0.443 e. The molecule has 1 aliphatic rings. The molecule has 6 heteroatoms. The summed E-state index contributed by atoms with van der Waals surface area (Å²) in [5.74, 6) is 0. The van der Waals surface area contributed by atoms with E-state index in [1.807, 2.05) is 12.1 Å². The van der Waals surface area contributed by atoms with E-state index in [4.69, 9.17) is 0 Å². The maximum Gasteiger partial charge on any atom is 0.443 e. The van der Waals surface area contributed by atoms with E-state index in [0.717, 1.165) is 31.0 Å². The van der Waals surface area contributed by atoms with Gasteiger partial charge in [-0.2, -0.15) is 13.2 Å². The number of halogens is 3. The third kappa shape index (κ3) is 2.58. The molecule has 0 saturated carbocycles. The highest BCUT2D eigenvalue weighted by atomic mass is 32.1. The van der Waals surface area contributed by atoms with Crippen molar-refractivity contribution >= 4 is 11.3 Å². The highest BCUT2D eigenvalue weighted by Crippen LogP contribution is 2.43. The van der Waals surface area contributed by atoms with E-state index in [2.05, 4.69) is 4.98 Å². The summed E-state index contributed by atoms with van der Waals surface area (Å²) in [6, 6.07) is 7.42. The predicted molar refractivity (Wildman–Crippen MR) is 74.1 cm³/mol. The number of fused-ring (bicyclic) bond motifs is 1. The Labute approximate surface area is 124 Å². The molecule has 1 N–H and O–H groups in total. The summed E-state index contributed by atoms with van der Waals surface area (Å²) >= 11 is 0.532. The van der Waals surface area contributed by atoms with Crippen molar-refractivity contribution in [3.63, 3.8) is 0 Å². The number of rotatable bonds is 1. The van der Waals surface area contributed by atoms with E-state index in [0.29, 0.717) is 23.3 Å². The van der Waals surface area contributed by atoms with Crippen LogP contribution in [0.25, 0.3) is 0 Å². The number of hydrogen-bond acceptors (Lipinski definition) is 3. The van der Waals surface area contributed by atoms with Crippen LogP contribution >= 0.6 is 11.3 Å². The summed E-state index contributed by atoms with van der Waals surface area (Å²) in [6.45, 7) is 0. The summed E-state index contributed by atoms with van der Waals surface area (Å²) in [7, 11) is 0. The maximum atomic E-state index is 12.7. The van der Waals surface area contributed by atoms with E-state index < -0.39 is 16.8 Å². The van der Waals surface area contributed by atoms with Gasteiger partial charge in [-0.1, -0.05) is 24.3 Å². The lowest BCUT2D eigenvalue weighted by Crippen LogP contribution is -2.26. The van der Waals surface area contributed by atoms with Gasteiger partial charge in [-0.25, -0.2) is 4.98 Å². The molecule has 0 saturated heterocycles. The summed E-state index contributed by atoms with van der Waals surface area (Å²) < 4.78 is 38.2. The Morgan fingerprint density at radius 1 is 1.19 bits per heavy atom. The molecule has 1 atom stereocenters. The summed E-state index contributed by atoms with van der Waals surface area (Å²) in [5.41, 5.74) is 0.341. The lowest BCUT2D eigenvalue weighted by atomic mass is 9.87. The SMILES string of the molecule is OC1(c2cnc(C(F)(F)F)s2)CCCCc2ccccc21. The minimum absolute atomic E-state index is 0.268. The van der Waals surface area contributed by atoms with Crippen molar-refractivity contribution in [2.24, 2.45) is 0 Å². The molecular formula is C15H14F3NOS. The topological polar surface area (TPSA) is 33.1 Å². The van der Waals surface area contributed by atoms with Crippen LogP contribution in [0.15, 0.2) is 30.5 Å². The molecule has 1 unspecified atom stereocenters. The Hall–Kier alpha value is -1.40. The normalized spacial score (nSPS) is 22.7. The molecule has 0 aliphatic heterocycles. The maximum absolute atomic E-state index is 12.7. The van der Waals surface area contributed by atoms with Crippen LogP contribution in [0.5, 0.6) is 0 Å². The molecule has 0 amide bonds. The quantitative estimate of drug-likeness (QED) is 0.803. The Balaban J connectivity index is 2.09. The molecule has 2 aromatic rings. The van der Waals surface area contributed by atoms with Crippen molar-refractivity contribution in [1.82, 2.24) is 4.98 Å². The molecule has 1 heterocycles. The van der Waals surface area contributed by atoms with Crippen molar-refractivity contribution in [3.8, 4) is 0 Å². The van der Waals surface area contributed by atoms with Crippen molar-refractivity contribution in [2.45, 2.75) is 37.5 Å². The predicted octanol–water partition coefficient (Wildman–Crippen LogP) is 4.12. The molecule has 1 aromatic carbocycles. The molecule has 1 aromatic heterocycles. The van der Waals surface area contributed by atoms with Gasteiger partial charge in [0.15, 0.2) is 5.01 Å². The zero-order chi connectivity index (χ0) is 15.1. The van der Waals surface area contributed by atoms with Crippen molar-refractivity contribution < 1.29 is 18.3 Å². The third-order valence-electron chi connectivity index (χ3n) is 3.85. The van der Waals surface area contributed by atoms with Gasteiger partial charge >= 0.3 is 6.18 Å². The molecule has 2 nitrogen and oxygen atoms in total. The first-order valence-corrected chi connectivity index (χ1v) is 7.57. The number of thiazole rings is 1. The van der Waals surface area contributed by atoms with Crippen molar-refractivity contribution in [2.75, 3.05) is 0 Å². The second-order valence-corrected chi connectivity index (χ2v) is 6.28. The fourth-order valence-electron chi connectivity index (χ4n) is 2.83. The van der Waals surface area contributed by atoms with Gasteiger partial charge < -0.3 is 5.11 Å². The molecule has 0 bridgehead atoms. The number of aryl methyl sites for hydroxylation is 1. The van der Waals surface area contributed by atoms with Gasteiger partial charge in [-0.3, -0.25) is 0 Å². The Morgan fingerprint density at radius 2 is 1.95 bits per heavy atom. The van der Waals surface area contributed by atoms with Crippen LogP contribution in [0.4, 0.5) is 13.2 Å². The van der Waals surface area contributed by atoms with Gasteiger partial charge in [-0.05, 0) is 36.8 Å². The average molecular weight is 313 g/mol. The van der Waals surface area contributed by atoms with Gasteiger partial charge in [0.05, 0.1) is 4.88 Å². The third-order valence-corrected chi connectivity index (χ3v) is 5.05. The molecule has 0 radical (unpaired) electrons. The highest BCUT2D eigenvalue weighted by molar-refractivity contribution is 7.11. The number of hydrogen-bond donors (Lipinski definition) is 1. The number of alkyl halides is 3. The second-order valence-electron chi connectivity index (χ2n) is 5.25. The fraction of sp³-hybridized carbons (Fsp3) is 0.400. The van der Waals surface area contributed by atoms with E-state index in [1.54, 1.807) is 12.1 Å². The number of benzene rings is 1. The van der Waals surface area contributed by atoms with Crippen molar-refractivity contribution in [1.29, 1.82) is 0 Å². The van der Waals surface area contributed by atoms with E-state index in [1.165, 1.54) is 0 Å². The molecule has 1 aliphatic carbocycles. The van der Waals surface area contributed by atoms with E-state index >= 15 is 0 Å². The van der Waals surface area contributed by atoms with Crippen LogP contribution in [0.3, 0.4) is 0 Å². The minimum Gasteiger partial charge on any atom is -0.379 e. The van der Waals surface area contributed by atoms with Gasteiger partial charge in [0.2, 0.25) is 0 Å². The first-order valence-electron chi connectivity index (χ1n) is 6.75. The molecule has 21 heavy (non-hydrogen) atoms. The summed E-state index contributed by atoms with van der Waals surface area (Å²) in [4.78, 5) is 3.71. The monoisotopic (exact) mass is 313 g/mol. The van der Waals surface area contributed by atoms with Gasteiger partial charge in [0.25, 0.3) is 0 Å².